The first-order chi connectivity index (χ1) is 8.32. The normalized spacial score (nSPS) is 17.8. The van der Waals surface area contributed by atoms with Gasteiger partial charge >= 0.3 is 0 Å². The molecule has 0 aromatic rings. The van der Waals surface area contributed by atoms with E-state index in [0.717, 1.165) is 17.6 Å². The SMILES string of the molecule is CC(C)/C(C#CC1=CCCCC1)=[N+](\[O-])C(C)(C)C. The summed E-state index contributed by atoms with van der Waals surface area (Å²) in [6, 6.07) is 0. The topological polar surface area (TPSA) is 26.1 Å². The van der Waals surface area contributed by atoms with Gasteiger partial charge in [0.15, 0.2) is 5.54 Å². The third-order valence-electron chi connectivity index (χ3n) is 3.02. The molecule has 0 aromatic heterocycles. The molecule has 1 aliphatic carbocycles. The fourth-order valence-electron chi connectivity index (χ4n) is 1.89. The Kier molecular flexibility index (Phi) is 5.02. The van der Waals surface area contributed by atoms with E-state index in [9.17, 15) is 5.21 Å². The Bertz CT molecular complexity index is 411. The Morgan fingerprint density at radius 2 is 2.00 bits per heavy atom. The second kappa shape index (κ2) is 6.09. The van der Waals surface area contributed by atoms with Gasteiger partial charge in [0.2, 0.25) is 5.71 Å². The van der Waals surface area contributed by atoms with Crippen LogP contribution < -0.4 is 0 Å². The molecule has 0 fully saturated rings. The lowest BCUT2D eigenvalue weighted by molar-refractivity contribution is -0.536. The van der Waals surface area contributed by atoms with Gasteiger partial charge in [-0.3, -0.25) is 0 Å². The highest BCUT2D eigenvalue weighted by molar-refractivity contribution is 5.98. The third kappa shape index (κ3) is 4.22. The Morgan fingerprint density at radius 1 is 1.33 bits per heavy atom. The number of rotatable bonds is 1. The van der Waals surface area contributed by atoms with Crippen LogP contribution in [-0.2, 0) is 0 Å². The summed E-state index contributed by atoms with van der Waals surface area (Å²) in [6.07, 6.45) is 6.88. The predicted octanol–water partition coefficient (Wildman–Crippen LogP) is 3.90. The summed E-state index contributed by atoms with van der Waals surface area (Å²) in [7, 11) is 0. The van der Waals surface area contributed by atoms with Crippen molar-refractivity contribution in [2.75, 3.05) is 0 Å². The molecular weight excluding hydrogens is 222 g/mol. The molecule has 0 aromatic carbocycles. The van der Waals surface area contributed by atoms with Crippen LogP contribution in [0.15, 0.2) is 11.6 Å². The molecule has 0 saturated heterocycles. The summed E-state index contributed by atoms with van der Waals surface area (Å²) in [4.78, 5) is 0. The van der Waals surface area contributed by atoms with E-state index in [1.54, 1.807) is 0 Å². The zero-order valence-electron chi connectivity index (χ0n) is 12.3. The first-order valence-corrected chi connectivity index (χ1v) is 6.87. The van der Waals surface area contributed by atoms with Crippen LogP contribution in [0.25, 0.3) is 0 Å². The van der Waals surface area contributed by atoms with Crippen molar-refractivity contribution in [3.63, 3.8) is 0 Å². The van der Waals surface area contributed by atoms with Crippen molar-refractivity contribution in [2.24, 2.45) is 5.92 Å². The summed E-state index contributed by atoms with van der Waals surface area (Å²) < 4.78 is 1.06. The largest absolute Gasteiger partial charge is 0.623 e. The average Bonchev–Trinajstić information content (AvgIpc) is 2.28. The first kappa shape index (κ1) is 14.8. The van der Waals surface area contributed by atoms with Crippen LogP contribution in [0.1, 0.15) is 60.3 Å². The second-order valence-corrected chi connectivity index (χ2v) is 6.23. The lowest BCUT2D eigenvalue weighted by Crippen LogP contribution is -2.35. The van der Waals surface area contributed by atoms with E-state index in [-0.39, 0.29) is 5.92 Å². The second-order valence-electron chi connectivity index (χ2n) is 6.23. The van der Waals surface area contributed by atoms with Crippen molar-refractivity contribution in [1.29, 1.82) is 0 Å². The molecule has 2 heteroatoms. The Labute approximate surface area is 111 Å². The van der Waals surface area contributed by atoms with Gasteiger partial charge in [-0.25, -0.2) is 0 Å². The van der Waals surface area contributed by atoms with Crippen molar-refractivity contribution in [3.05, 3.63) is 16.9 Å². The highest BCUT2D eigenvalue weighted by Gasteiger charge is 2.24. The van der Waals surface area contributed by atoms with Gasteiger partial charge in [-0.15, -0.1) is 0 Å². The molecule has 1 aliphatic rings. The summed E-state index contributed by atoms with van der Waals surface area (Å²) in [5.41, 5.74) is 1.46. The van der Waals surface area contributed by atoms with Crippen molar-refractivity contribution in [1.82, 2.24) is 0 Å². The van der Waals surface area contributed by atoms with Gasteiger partial charge in [0.1, 0.15) is 0 Å². The predicted molar refractivity (Wildman–Crippen MR) is 77.6 cm³/mol. The maximum atomic E-state index is 12.2. The zero-order valence-corrected chi connectivity index (χ0v) is 12.3. The molecule has 1 rings (SSSR count). The summed E-state index contributed by atoms with van der Waals surface area (Å²) in [6.45, 7) is 9.81. The lowest BCUT2D eigenvalue weighted by atomic mass is 9.99. The maximum absolute atomic E-state index is 12.2. The molecule has 0 unspecified atom stereocenters. The van der Waals surface area contributed by atoms with Gasteiger partial charge in [-0.1, -0.05) is 25.8 Å². The lowest BCUT2D eigenvalue weighted by Gasteiger charge is -2.21. The summed E-state index contributed by atoms with van der Waals surface area (Å²) in [5, 5.41) is 12.2. The summed E-state index contributed by atoms with van der Waals surface area (Å²) >= 11 is 0. The van der Waals surface area contributed by atoms with Crippen LogP contribution in [0, 0.1) is 23.0 Å². The first-order valence-electron chi connectivity index (χ1n) is 6.87. The molecule has 0 bridgehead atoms. The summed E-state index contributed by atoms with van der Waals surface area (Å²) in [5.74, 6) is 6.46. The molecule has 0 heterocycles. The van der Waals surface area contributed by atoms with Crippen molar-refractivity contribution in [3.8, 4) is 11.8 Å². The van der Waals surface area contributed by atoms with Crippen LogP contribution in [0.4, 0.5) is 0 Å². The molecule has 0 amide bonds. The van der Waals surface area contributed by atoms with Gasteiger partial charge in [0.25, 0.3) is 0 Å². The third-order valence-corrected chi connectivity index (χ3v) is 3.02. The molecule has 100 valence electrons. The Morgan fingerprint density at radius 3 is 2.44 bits per heavy atom. The molecule has 0 aliphatic heterocycles. The quantitative estimate of drug-likeness (QED) is 0.227. The molecular formula is C16H25NO. The minimum atomic E-state index is -0.421. The molecule has 0 radical (unpaired) electrons. The van der Waals surface area contributed by atoms with Gasteiger partial charge in [-0.05, 0) is 31.3 Å². The molecule has 0 spiro atoms. The fourth-order valence-corrected chi connectivity index (χ4v) is 1.89. The van der Waals surface area contributed by atoms with E-state index in [1.807, 2.05) is 34.6 Å². The van der Waals surface area contributed by atoms with Gasteiger partial charge in [-0.2, -0.15) is 4.74 Å². The number of hydroxylamine groups is 1. The minimum absolute atomic E-state index is 0.165. The monoisotopic (exact) mass is 247 g/mol. The zero-order chi connectivity index (χ0) is 13.8. The molecule has 18 heavy (non-hydrogen) atoms. The van der Waals surface area contributed by atoms with Crippen molar-refractivity contribution < 1.29 is 4.74 Å². The van der Waals surface area contributed by atoms with E-state index in [1.165, 1.54) is 18.4 Å². The Hall–Kier alpha value is -1.23. The fraction of sp³-hybridized carbons (Fsp3) is 0.688. The van der Waals surface area contributed by atoms with E-state index < -0.39 is 5.54 Å². The van der Waals surface area contributed by atoms with Gasteiger partial charge in [0, 0.05) is 32.6 Å². The maximum Gasteiger partial charge on any atom is 0.241 e. The van der Waals surface area contributed by atoms with Crippen molar-refractivity contribution >= 4 is 5.71 Å². The minimum Gasteiger partial charge on any atom is -0.623 e. The molecule has 0 N–H and O–H groups in total. The van der Waals surface area contributed by atoms with Gasteiger partial charge in [0.05, 0.1) is 0 Å². The molecule has 2 nitrogen and oxygen atoms in total. The molecule has 0 saturated carbocycles. The number of hydrogen-bond acceptors (Lipinski definition) is 1. The van der Waals surface area contributed by atoms with Crippen LogP contribution >= 0.6 is 0 Å². The highest BCUT2D eigenvalue weighted by Crippen LogP contribution is 2.16. The van der Waals surface area contributed by atoms with E-state index >= 15 is 0 Å². The smallest absolute Gasteiger partial charge is 0.241 e. The van der Waals surface area contributed by atoms with Crippen LogP contribution in [0.5, 0.6) is 0 Å². The van der Waals surface area contributed by atoms with Crippen LogP contribution in [0.3, 0.4) is 0 Å². The highest BCUT2D eigenvalue weighted by atomic mass is 16.5. The van der Waals surface area contributed by atoms with Crippen LogP contribution in [0.2, 0.25) is 0 Å². The van der Waals surface area contributed by atoms with Crippen LogP contribution in [-0.4, -0.2) is 16.0 Å². The number of nitrogens with zero attached hydrogens (tertiary/aromatic N) is 1. The Balaban J connectivity index is 3.02. The van der Waals surface area contributed by atoms with E-state index in [2.05, 4.69) is 17.9 Å². The standard InChI is InChI=1S/C16H25NO/c1-13(2)15(17(18)16(3,4)5)12-11-14-9-7-6-8-10-14/h9,13H,6-8,10H2,1-5H3/b17-15-. The number of hydrogen-bond donors (Lipinski definition) is 0. The average molecular weight is 247 g/mol. The van der Waals surface area contributed by atoms with Gasteiger partial charge < -0.3 is 5.21 Å². The van der Waals surface area contributed by atoms with E-state index in [0.29, 0.717) is 5.71 Å². The molecule has 0 atom stereocenters. The number of allylic oxidation sites excluding steroid dienone is 2. The van der Waals surface area contributed by atoms with E-state index in [4.69, 9.17) is 0 Å². The van der Waals surface area contributed by atoms with Crippen molar-refractivity contribution in [2.45, 2.75) is 65.8 Å².